The van der Waals surface area contributed by atoms with Crippen molar-refractivity contribution in [3.8, 4) is 11.5 Å². The third-order valence-electron chi connectivity index (χ3n) is 5.95. The van der Waals surface area contributed by atoms with E-state index in [1.807, 2.05) is 66.9 Å². The van der Waals surface area contributed by atoms with E-state index in [9.17, 15) is 4.79 Å². The summed E-state index contributed by atoms with van der Waals surface area (Å²) in [6, 6.07) is 15.9. The highest BCUT2D eigenvalue weighted by atomic mass is 32.1. The molecule has 2 aromatic carbocycles. The second kappa shape index (κ2) is 8.28. The number of ether oxygens (including phenoxy) is 2. The molecular weight excluding hydrogens is 420 g/mol. The monoisotopic (exact) mass is 444 g/mol. The molecule has 4 aromatic rings. The van der Waals surface area contributed by atoms with Crippen molar-refractivity contribution >= 4 is 33.2 Å². The molecule has 0 spiro atoms. The SMILES string of the molecule is COc1ccc(/C=C2/CCn3c2nc2sc(C)c(C)c2c3=O)cc1OCc1ccccc1. The summed E-state index contributed by atoms with van der Waals surface area (Å²) in [5, 5.41) is 0.763. The third-order valence-corrected chi connectivity index (χ3v) is 7.05. The number of thiophene rings is 1. The van der Waals surface area contributed by atoms with Gasteiger partial charge in [-0.15, -0.1) is 11.3 Å². The largest absolute Gasteiger partial charge is 0.493 e. The van der Waals surface area contributed by atoms with Crippen LogP contribution in [0.5, 0.6) is 11.5 Å². The molecule has 5 nitrogen and oxygen atoms in total. The molecule has 0 N–H and O–H groups in total. The van der Waals surface area contributed by atoms with Gasteiger partial charge in [-0.05, 0) is 60.7 Å². The van der Waals surface area contributed by atoms with Crippen LogP contribution in [0.1, 0.15) is 33.8 Å². The Morgan fingerprint density at radius 2 is 1.94 bits per heavy atom. The van der Waals surface area contributed by atoms with Crippen molar-refractivity contribution in [3.63, 3.8) is 0 Å². The summed E-state index contributed by atoms with van der Waals surface area (Å²) in [5.41, 5.74) is 4.26. The highest BCUT2D eigenvalue weighted by Gasteiger charge is 2.23. The number of allylic oxidation sites excluding steroid dienone is 1. The number of fused-ring (bicyclic) bond motifs is 2. The minimum Gasteiger partial charge on any atom is -0.493 e. The van der Waals surface area contributed by atoms with Crippen molar-refractivity contribution in [1.82, 2.24) is 9.55 Å². The van der Waals surface area contributed by atoms with Gasteiger partial charge in [-0.3, -0.25) is 9.36 Å². The van der Waals surface area contributed by atoms with Gasteiger partial charge >= 0.3 is 0 Å². The maximum Gasteiger partial charge on any atom is 0.262 e. The van der Waals surface area contributed by atoms with E-state index in [1.54, 1.807) is 18.4 Å². The van der Waals surface area contributed by atoms with Gasteiger partial charge in [-0.1, -0.05) is 36.4 Å². The number of hydrogen-bond donors (Lipinski definition) is 0. The molecule has 1 aliphatic heterocycles. The molecule has 0 bridgehead atoms. The Kier molecular flexibility index (Phi) is 5.31. The van der Waals surface area contributed by atoms with Gasteiger partial charge in [-0.25, -0.2) is 4.98 Å². The van der Waals surface area contributed by atoms with E-state index in [4.69, 9.17) is 14.5 Å². The zero-order valence-electron chi connectivity index (χ0n) is 18.3. The average molecular weight is 445 g/mol. The summed E-state index contributed by atoms with van der Waals surface area (Å²) in [4.78, 5) is 19.9. The molecule has 0 atom stereocenters. The Balaban J connectivity index is 1.50. The Morgan fingerprint density at radius 3 is 2.72 bits per heavy atom. The Hall–Kier alpha value is -3.38. The van der Waals surface area contributed by atoms with E-state index >= 15 is 0 Å². The van der Waals surface area contributed by atoms with Crippen LogP contribution < -0.4 is 15.0 Å². The molecule has 0 aliphatic carbocycles. The van der Waals surface area contributed by atoms with Crippen LogP contribution in [0.3, 0.4) is 0 Å². The summed E-state index contributed by atoms with van der Waals surface area (Å²) in [5.74, 6) is 2.15. The Morgan fingerprint density at radius 1 is 1.12 bits per heavy atom. The quantitative estimate of drug-likeness (QED) is 0.402. The standard InChI is InChI=1S/C26H24N2O3S/c1-16-17(2)32-25-23(16)26(29)28-12-11-20(24(28)27-25)13-19-9-10-21(30-3)22(14-19)31-15-18-7-5-4-6-8-18/h4-10,13-14H,11-12,15H2,1-3H3/b20-13-. The minimum atomic E-state index is 0.0665. The zero-order chi connectivity index (χ0) is 22.2. The summed E-state index contributed by atoms with van der Waals surface area (Å²) >= 11 is 1.59. The van der Waals surface area contributed by atoms with Crippen LogP contribution in [-0.4, -0.2) is 16.7 Å². The number of rotatable bonds is 5. The van der Waals surface area contributed by atoms with Crippen molar-refractivity contribution in [3.05, 3.63) is 86.3 Å². The van der Waals surface area contributed by atoms with Crippen molar-refractivity contribution < 1.29 is 9.47 Å². The van der Waals surface area contributed by atoms with Gasteiger partial charge in [0, 0.05) is 11.4 Å². The molecular formula is C26H24N2O3S. The lowest BCUT2D eigenvalue weighted by atomic mass is 10.1. The fraction of sp³-hybridized carbons (Fsp3) is 0.231. The van der Waals surface area contributed by atoms with E-state index in [2.05, 4.69) is 6.08 Å². The second-order valence-electron chi connectivity index (χ2n) is 7.96. The molecule has 2 aromatic heterocycles. The molecule has 162 valence electrons. The normalized spacial score (nSPS) is 14.2. The van der Waals surface area contributed by atoms with Crippen LogP contribution in [0.4, 0.5) is 0 Å². The summed E-state index contributed by atoms with van der Waals surface area (Å²) in [6.07, 6.45) is 2.88. The van der Waals surface area contributed by atoms with Crippen LogP contribution in [0.2, 0.25) is 0 Å². The number of methoxy groups -OCH3 is 1. The number of nitrogens with zero attached hydrogens (tertiary/aromatic N) is 2. The molecule has 32 heavy (non-hydrogen) atoms. The van der Waals surface area contributed by atoms with Crippen LogP contribution in [-0.2, 0) is 13.2 Å². The fourth-order valence-electron chi connectivity index (χ4n) is 4.09. The molecule has 0 amide bonds. The van der Waals surface area contributed by atoms with Crippen molar-refractivity contribution in [2.45, 2.75) is 33.4 Å². The van der Waals surface area contributed by atoms with Crippen molar-refractivity contribution in [2.24, 2.45) is 0 Å². The molecule has 6 heteroatoms. The van der Waals surface area contributed by atoms with Gasteiger partial charge < -0.3 is 9.47 Å². The van der Waals surface area contributed by atoms with E-state index in [1.165, 1.54) is 0 Å². The summed E-state index contributed by atoms with van der Waals surface area (Å²) in [7, 11) is 1.64. The third kappa shape index (κ3) is 3.60. The fourth-order valence-corrected chi connectivity index (χ4v) is 5.11. The highest BCUT2D eigenvalue weighted by Crippen LogP contribution is 2.34. The first-order chi connectivity index (χ1) is 15.5. The number of benzene rings is 2. The average Bonchev–Trinajstić information content (AvgIpc) is 3.34. The predicted octanol–water partition coefficient (Wildman–Crippen LogP) is 5.61. The van der Waals surface area contributed by atoms with Crippen LogP contribution in [0.15, 0.2) is 53.3 Å². The lowest BCUT2D eigenvalue weighted by Crippen LogP contribution is -2.20. The molecule has 1 aliphatic rings. The Bertz CT molecular complexity index is 1400. The smallest absolute Gasteiger partial charge is 0.262 e. The van der Waals surface area contributed by atoms with Gasteiger partial charge in [-0.2, -0.15) is 0 Å². The first-order valence-corrected chi connectivity index (χ1v) is 11.4. The minimum absolute atomic E-state index is 0.0665. The van der Waals surface area contributed by atoms with Crippen molar-refractivity contribution in [1.29, 1.82) is 0 Å². The van der Waals surface area contributed by atoms with E-state index in [0.717, 1.165) is 49.6 Å². The number of hydrogen-bond acceptors (Lipinski definition) is 5. The lowest BCUT2D eigenvalue weighted by Gasteiger charge is -2.12. The molecule has 0 radical (unpaired) electrons. The molecule has 0 unspecified atom stereocenters. The van der Waals surface area contributed by atoms with Gasteiger partial charge in [0.25, 0.3) is 5.56 Å². The van der Waals surface area contributed by atoms with E-state index < -0.39 is 0 Å². The molecule has 0 saturated heterocycles. The van der Waals surface area contributed by atoms with Gasteiger partial charge in [0.2, 0.25) is 0 Å². The predicted molar refractivity (Wildman–Crippen MR) is 130 cm³/mol. The van der Waals surface area contributed by atoms with Crippen LogP contribution in [0.25, 0.3) is 21.9 Å². The van der Waals surface area contributed by atoms with Gasteiger partial charge in [0.15, 0.2) is 11.5 Å². The van der Waals surface area contributed by atoms with Crippen molar-refractivity contribution in [2.75, 3.05) is 7.11 Å². The molecule has 0 saturated carbocycles. The molecule has 3 heterocycles. The molecule has 0 fully saturated rings. The number of aromatic nitrogens is 2. The van der Waals surface area contributed by atoms with E-state index in [0.29, 0.717) is 24.7 Å². The van der Waals surface area contributed by atoms with E-state index in [-0.39, 0.29) is 5.56 Å². The number of aryl methyl sites for hydroxylation is 2. The first-order valence-electron chi connectivity index (χ1n) is 10.6. The first kappa shape index (κ1) is 20.5. The lowest BCUT2D eigenvalue weighted by molar-refractivity contribution is 0.284. The highest BCUT2D eigenvalue weighted by molar-refractivity contribution is 7.18. The topological polar surface area (TPSA) is 53.4 Å². The second-order valence-corrected chi connectivity index (χ2v) is 9.16. The molecule has 5 rings (SSSR count). The summed E-state index contributed by atoms with van der Waals surface area (Å²) < 4.78 is 13.4. The maximum atomic E-state index is 13.1. The van der Waals surface area contributed by atoms with Gasteiger partial charge in [0.05, 0.1) is 12.5 Å². The zero-order valence-corrected chi connectivity index (χ0v) is 19.2. The summed E-state index contributed by atoms with van der Waals surface area (Å²) in [6.45, 7) is 5.17. The maximum absolute atomic E-state index is 13.1. The van der Waals surface area contributed by atoms with Crippen LogP contribution >= 0.6 is 11.3 Å². The Labute approximate surface area is 190 Å². The van der Waals surface area contributed by atoms with Crippen LogP contribution in [0, 0.1) is 13.8 Å². The van der Waals surface area contributed by atoms with Gasteiger partial charge in [0.1, 0.15) is 17.3 Å².